The number of aliphatic imine (C=N–C) groups is 2. The number of aromatic nitrogens is 4. The van der Waals surface area contributed by atoms with E-state index in [1.165, 1.54) is 12.4 Å². The number of nitrogens with two attached hydrogens (primary N) is 2. The Morgan fingerprint density at radius 3 is 1.67 bits per heavy atom. The van der Waals surface area contributed by atoms with Gasteiger partial charge in [0, 0.05) is 63.7 Å². The molecule has 13 nitrogen and oxygen atoms in total. The summed E-state index contributed by atoms with van der Waals surface area (Å²) < 4.78 is 58.5. The van der Waals surface area contributed by atoms with Crippen molar-refractivity contribution in [3.05, 3.63) is 136 Å². The number of halogens is 3. The molecule has 4 aliphatic heterocycles. The van der Waals surface area contributed by atoms with Gasteiger partial charge in [0.25, 0.3) is 12.0 Å². The van der Waals surface area contributed by atoms with Crippen LogP contribution in [0.15, 0.2) is 112 Å². The normalized spacial score (nSPS) is 19.4. The molecule has 2 spiro atoms. The lowest BCUT2D eigenvalue weighted by Crippen LogP contribution is -2.38. The van der Waals surface area contributed by atoms with Crippen molar-refractivity contribution in [2.75, 3.05) is 19.8 Å². The van der Waals surface area contributed by atoms with Gasteiger partial charge in [0.05, 0.1) is 31.6 Å². The molecule has 310 valence electrons. The van der Waals surface area contributed by atoms with E-state index >= 15 is 0 Å². The summed E-state index contributed by atoms with van der Waals surface area (Å²) in [7, 11) is 0. The van der Waals surface area contributed by atoms with Crippen molar-refractivity contribution in [1.82, 2.24) is 19.9 Å². The predicted octanol–water partition coefficient (Wildman–Crippen LogP) is 8.92. The van der Waals surface area contributed by atoms with Crippen molar-refractivity contribution < 1.29 is 32.5 Å². The van der Waals surface area contributed by atoms with Crippen molar-refractivity contribution in [3.63, 3.8) is 0 Å². The first-order valence-electron chi connectivity index (χ1n) is 19.4. The van der Waals surface area contributed by atoms with E-state index in [-0.39, 0.29) is 17.5 Å². The summed E-state index contributed by atoms with van der Waals surface area (Å²) in [5.74, 6) is 1.63. The number of hydrogen-bond acceptors (Lipinski definition) is 13. The molecular formula is C45H39BrF2N8O5. The topological polar surface area (TPSA) is 174 Å². The first-order chi connectivity index (χ1) is 29.3. The fraction of sp³-hybridized carbons (Fsp3) is 0.244. The monoisotopic (exact) mass is 888 g/mol. The van der Waals surface area contributed by atoms with Crippen LogP contribution in [-0.4, -0.2) is 51.8 Å². The molecule has 4 aliphatic rings. The maximum atomic E-state index is 14.4. The quantitative estimate of drug-likeness (QED) is 0.162. The minimum Gasteiger partial charge on any atom is -0.491 e. The maximum Gasteiger partial charge on any atom is 0.283 e. The van der Waals surface area contributed by atoms with Crippen LogP contribution < -0.4 is 25.7 Å². The van der Waals surface area contributed by atoms with Crippen molar-refractivity contribution in [2.24, 2.45) is 26.9 Å². The van der Waals surface area contributed by atoms with E-state index < -0.39 is 23.0 Å². The fourth-order valence-corrected chi connectivity index (χ4v) is 8.18. The first kappa shape index (κ1) is 39.8. The Morgan fingerprint density at radius 2 is 1.18 bits per heavy atom. The molecule has 0 saturated heterocycles. The zero-order valence-corrected chi connectivity index (χ0v) is 34.9. The van der Waals surface area contributed by atoms with Gasteiger partial charge in [0.2, 0.25) is 23.7 Å². The summed E-state index contributed by atoms with van der Waals surface area (Å²) in [6.45, 7) is 7.59. The smallest absolute Gasteiger partial charge is 0.283 e. The Balaban J connectivity index is 0.000000158. The zero-order chi connectivity index (χ0) is 42.5. The molecule has 0 fully saturated rings. The van der Waals surface area contributed by atoms with E-state index in [1.54, 1.807) is 60.9 Å². The van der Waals surface area contributed by atoms with E-state index in [9.17, 15) is 8.78 Å². The van der Waals surface area contributed by atoms with Crippen molar-refractivity contribution in [3.8, 4) is 51.3 Å². The molecule has 0 bridgehead atoms. The van der Waals surface area contributed by atoms with Crippen molar-refractivity contribution in [1.29, 1.82) is 0 Å². The molecule has 0 amide bonds. The summed E-state index contributed by atoms with van der Waals surface area (Å²) in [5.41, 5.74) is 15.5. The molecule has 16 heteroatoms. The van der Waals surface area contributed by atoms with E-state index in [0.717, 1.165) is 26.7 Å². The van der Waals surface area contributed by atoms with Crippen LogP contribution in [0.3, 0.4) is 0 Å². The van der Waals surface area contributed by atoms with Gasteiger partial charge >= 0.3 is 0 Å². The molecule has 2 aromatic carbocycles. The summed E-state index contributed by atoms with van der Waals surface area (Å²) >= 11 is 3.47. The van der Waals surface area contributed by atoms with E-state index in [0.29, 0.717) is 83.9 Å². The second kappa shape index (κ2) is 15.4. The highest BCUT2D eigenvalue weighted by Gasteiger charge is 2.47. The van der Waals surface area contributed by atoms with Crippen LogP contribution in [-0.2, 0) is 20.6 Å². The van der Waals surface area contributed by atoms with Gasteiger partial charge in [-0.25, -0.2) is 29.9 Å². The van der Waals surface area contributed by atoms with Crippen LogP contribution in [0.2, 0.25) is 0 Å². The second-order valence-corrected chi connectivity index (χ2v) is 16.9. The molecule has 8 heterocycles. The van der Waals surface area contributed by atoms with E-state index in [2.05, 4.69) is 61.6 Å². The molecule has 61 heavy (non-hydrogen) atoms. The minimum atomic E-state index is -0.895. The average molecular weight is 890 g/mol. The van der Waals surface area contributed by atoms with Crippen LogP contribution in [0.5, 0.6) is 29.0 Å². The van der Waals surface area contributed by atoms with Gasteiger partial charge in [-0.3, -0.25) is 0 Å². The fourth-order valence-electron chi connectivity index (χ4n) is 7.85. The number of nitrogens with zero attached hydrogens (tertiary/aromatic N) is 6. The number of rotatable bonds is 4. The highest BCUT2D eigenvalue weighted by atomic mass is 79.9. The molecule has 10 rings (SSSR count). The number of ether oxygens (including phenoxy) is 5. The average Bonchev–Trinajstić information content (AvgIpc) is 3.24. The van der Waals surface area contributed by atoms with Gasteiger partial charge in [-0.1, -0.05) is 32.9 Å². The van der Waals surface area contributed by atoms with Gasteiger partial charge in [0.15, 0.2) is 0 Å². The van der Waals surface area contributed by atoms with Crippen LogP contribution >= 0.6 is 15.9 Å². The Bertz CT molecular complexity index is 2770. The lowest BCUT2D eigenvalue weighted by atomic mass is 9.78. The molecule has 0 unspecified atom stereocenters. The SMILES string of the molecule is CC(C)(C)COc1cnc2c(c1)[C@]1(CCOC(N)=N1)c1cc(-c3cccnc3F)ccc1O2.NC1=N[C@@]2(CCO1)c1cc(-c3cccnc3F)ccc1Oc1ncc(Br)cc12. The third-order valence-corrected chi connectivity index (χ3v) is 11.1. The van der Waals surface area contributed by atoms with Crippen LogP contribution in [0.4, 0.5) is 8.78 Å². The molecule has 2 atom stereocenters. The second-order valence-electron chi connectivity index (χ2n) is 16.0. The number of hydrogen-bond donors (Lipinski definition) is 2. The summed E-state index contributed by atoms with van der Waals surface area (Å²) in [6.07, 6.45) is 7.23. The van der Waals surface area contributed by atoms with Crippen LogP contribution in [0.1, 0.15) is 55.9 Å². The van der Waals surface area contributed by atoms with Gasteiger partial charge in [-0.15, -0.1) is 0 Å². The highest BCUT2D eigenvalue weighted by Crippen LogP contribution is 2.54. The van der Waals surface area contributed by atoms with Crippen LogP contribution in [0, 0.1) is 17.3 Å². The first-order valence-corrected chi connectivity index (χ1v) is 20.2. The zero-order valence-electron chi connectivity index (χ0n) is 33.3. The lowest BCUT2D eigenvalue weighted by molar-refractivity contribution is 0.194. The number of fused-ring (bicyclic) bond motifs is 8. The number of benzene rings is 2. The maximum absolute atomic E-state index is 14.4. The lowest BCUT2D eigenvalue weighted by Gasteiger charge is -2.39. The van der Waals surface area contributed by atoms with Gasteiger partial charge in [-0.2, -0.15) is 8.78 Å². The van der Waals surface area contributed by atoms with Crippen molar-refractivity contribution in [2.45, 2.75) is 44.7 Å². The summed E-state index contributed by atoms with van der Waals surface area (Å²) in [5, 5.41) is 0. The molecule has 4 N–H and O–H groups in total. The predicted molar refractivity (Wildman–Crippen MR) is 226 cm³/mol. The number of amidine groups is 2. The summed E-state index contributed by atoms with van der Waals surface area (Å²) in [4.78, 5) is 25.9. The third kappa shape index (κ3) is 7.45. The largest absolute Gasteiger partial charge is 0.491 e. The Hall–Kier alpha value is -6.68. The van der Waals surface area contributed by atoms with Crippen LogP contribution in [0.25, 0.3) is 22.3 Å². The Morgan fingerprint density at radius 1 is 0.672 bits per heavy atom. The third-order valence-electron chi connectivity index (χ3n) is 10.6. The highest BCUT2D eigenvalue weighted by molar-refractivity contribution is 9.10. The summed E-state index contributed by atoms with van der Waals surface area (Å²) in [6, 6.07) is 21.7. The van der Waals surface area contributed by atoms with Crippen molar-refractivity contribution >= 4 is 28.0 Å². The van der Waals surface area contributed by atoms with E-state index in [1.807, 2.05) is 24.3 Å². The molecule has 4 aromatic heterocycles. The molecular weight excluding hydrogens is 850 g/mol. The Kier molecular flexibility index (Phi) is 10.0. The molecule has 0 saturated carbocycles. The molecule has 0 radical (unpaired) electrons. The van der Waals surface area contributed by atoms with Gasteiger partial charge in [-0.05, 0) is 93.1 Å². The van der Waals surface area contributed by atoms with Gasteiger partial charge in [0.1, 0.15) is 28.3 Å². The molecule has 0 aliphatic carbocycles. The van der Waals surface area contributed by atoms with Gasteiger partial charge < -0.3 is 35.2 Å². The number of pyridine rings is 4. The standard InChI is InChI=1S/C25H25FN4O3.C20H14BrFN4O2/c1-24(2,3)14-32-16-12-19-22(29-13-16)33-20-7-6-15(17-5-4-9-28-21(17)26)11-18(20)25(19)8-10-31-23(27)30-25;21-12-9-15-18(25-10-12)28-16-4-3-11(13-2-1-6-24-17(13)22)8-14(16)20(15)5-7-27-19(23)26-20/h4-7,9,11-13H,8,10,14H2,1-3H3,(H2,27,30);1-4,6,8-10H,5,7H2,(H2,23,26)/t25-;20-/m00/s1. The minimum absolute atomic E-state index is 0.0133. The van der Waals surface area contributed by atoms with E-state index in [4.69, 9.17) is 40.1 Å². The molecule has 6 aromatic rings. The Labute approximate surface area is 358 Å².